The van der Waals surface area contributed by atoms with Gasteiger partial charge in [-0.1, -0.05) is 48.5 Å². The maximum absolute atomic E-state index is 13.8. The van der Waals surface area contributed by atoms with Gasteiger partial charge in [0.05, 0.1) is 16.8 Å². The molecule has 0 aliphatic carbocycles. The topological polar surface area (TPSA) is 79.9 Å². The van der Waals surface area contributed by atoms with Crippen LogP contribution >= 0.6 is 0 Å². The van der Waals surface area contributed by atoms with Crippen LogP contribution in [0.25, 0.3) is 0 Å². The van der Waals surface area contributed by atoms with Crippen molar-refractivity contribution < 1.29 is 32.2 Å². The number of para-hydroxylation sites is 2. The lowest BCUT2D eigenvalue weighted by molar-refractivity contribution is -0.136. The lowest BCUT2D eigenvalue weighted by Crippen LogP contribution is -2.36. The van der Waals surface area contributed by atoms with Crippen molar-refractivity contribution in [1.82, 2.24) is 0 Å². The average molecular weight is 622 g/mol. The Labute approximate surface area is 262 Å². The van der Waals surface area contributed by atoms with Gasteiger partial charge in [0.25, 0.3) is 0 Å². The third-order valence-electron chi connectivity index (χ3n) is 8.10. The lowest BCUT2D eigenvalue weighted by Gasteiger charge is -2.37. The number of urea groups is 1. The molecular weight excluding hydrogens is 595 g/mol. The molecule has 46 heavy (non-hydrogen) atoms. The van der Waals surface area contributed by atoms with Crippen LogP contribution in [0.15, 0.2) is 115 Å². The molecule has 230 valence electrons. The number of rotatable bonds is 5. The van der Waals surface area contributed by atoms with Crippen molar-refractivity contribution in [2.75, 3.05) is 22.1 Å². The van der Waals surface area contributed by atoms with Gasteiger partial charge in [-0.2, -0.15) is 13.2 Å². The third-order valence-corrected chi connectivity index (χ3v) is 8.10. The average Bonchev–Trinajstić information content (AvgIpc) is 3.34. The SMILES string of the molecule is CCN(C(=O)Nc1ccccc1)c1ccc2c(c1)Oc1ccc(Nc3ccccc3C(F)(F)F)cc1C21OC(=O)c2ccccc21. The first-order chi connectivity index (χ1) is 22.2. The fraction of sp³-hybridized carbons (Fsp3) is 0.111. The van der Waals surface area contributed by atoms with E-state index in [1.807, 2.05) is 25.1 Å². The van der Waals surface area contributed by atoms with Crippen molar-refractivity contribution in [3.63, 3.8) is 0 Å². The molecule has 1 spiro atoms. The van der Waals surface area contributed by atoms with Gasteiger partial charge in [-0.05, 0) is 67.6 Å². The summed E-state index contributed by atoms with van der Waals surface area (Å²) >= 11 is 0. The van der Waals surface area contributed by atoms with Gasteiger partial charge in [-0.3, -0.25) is 4.90 Å². The number of esters is 1. The summed E-state index contributed by atoms with van der Waals surface area (Å²) in [4.78, 5) is 28.1. The summed E-state index contributed by atoms with van der Waals surface area (Å²) < 4.78 is 53.9. The molecule has 0 saturated heterocycles. The van der Waals surface area contributed by atoms with Gasteiger partial charge in [0, 0.05) is 46.4 Å². The van der Waals surface area contributed by atoms with Crippen LogP contribution < -0.4 is 20.3 Å². The Morgan fingerprint density at radius 3 is 2.30 bits per heavy atom. The monoisotopic (exact) mass is 621 g/mol. The van der Waals surface area contributed by atoms with Crippen molar-refractivity contribution in [2.24, 2.45) is 0 Å². The standard InChI is InChI=1S/C36H26F3N3O4/c1-2-42(34(44)41-22-10-4-3-5-11-22)24-17-18-28-32(21-24)45-31-19-16-23(40-30-15-9-8-14-27(30)36(37,38)39)20-29(31)35(28)26-13-7-6-12-25(26)33(43)46-35/h3-21,40H,2H2,1H3,(H,41,44). The predicted octanol–water partition coefficient (Wildman–Crippen LogP) is 9.08. The fourth-order valence-corrected chi connectivity index (χ4v) is 6.06. The Bertz CT molecular complexity index is 2000. The van der Waals surface area contributed by atoms with Crippen LogP contribution in [-0.2, 0) is 16.5 Å². The largest absolute Gasteiger partial charge is 0.456 e. The molecule has 0 aromatic heterocycles. The zero-order valence-corrected chi connectivity index (χ0v) is 24.4. The summed E-state index contributed by atoms with van der Waals surface area (Å²) in [5, 5.41) is 5.78. The van der Waals surface area contributed by atoms with Gasteiger partial charge >= 0.3 is 18.2 Å². The number of carbonyl (C=O) groups is 2. The summed E-state index contributed by atoms with van der Waals surface area (Å²) in [6.07, 6.45) is -4.57. The molecule has 2 N–H and O–H groups in total. The minimum absolute atomic E-state index is 0.122. The summed E-state index contributed by atoms with van der Waals surface area (Å²) in [6, 6.07) is 31.0. The number of nitrogens with one attached hydrogen (secondary N) is 2. The maximum Gasteiger partial charge on any atom is 0.418 e. The summed E-state index contributed by atoms with van der Waals surface area (Å²) in [7, 11) is 0. The normalized spacial score (nSPS) is 16.0. The molecule has 2 amide bonds. The van der Waals surface area contributed by atoms with Gasteiger partial charge < -0.3 is 20.1 Å². The van der Waals surface area contributed by atoms with Crippen LogP contribution in [0.5, 0.6) is 11.5 Å². The van der Waals surface area contributed by atoms with E-state index in [-0.39, 0.29) is 11.7 Å². The van der Waals surface area contributed by atoms with Crippen molar-refractivity contribution in [3.8, 4) is 11.5 Å². The fourth-order valence-electron chi connectivity index (χ4n) is 6.06. The van der Waals surface area contributed by atoms with Crippen molar-refractivity contribution in [2.45, 2.75) is 18.7 Å². The number of alkyl halides is 3. The molecule has 2 aliphatic heterocycles. The highest BCUT2D eigenvalue weighted by molar-refractivity contribution is 6.02. The summed E-state index contributed by atoms with van der Waals surface area (Å²) in [6.45, 7) is 2.20. The number of amides is 2. The molecule has 10 heteroatoms. The van der Waals surface area contributed by atoms with Crippen LogP contribution in [0.3, 0.4) is 0 Å². The molecule has 5 aromatic carbocycles. The molecule has 2 heterocycles. The van der Waals surface area contributed by atoms with E-state index >= 15 is 0 Å². The van der Waals surface area contributed by atoms with E-state index < -0.39 is 23.3 Å². The molecule has 0 radical (unpaired) electrons. The summed E-state index contributed by atoms with van der Waals surface area (Å²) in [5.74, 6) is 0.167. The highest BCUT2D eigenvalue weighted by Crippen LogP contribution is 2.57. The quantitative estimate of drug-likeness (QED) is 0.192. The van der Waals surface area contributed by atoms with E-state index in [9.17, 15) is 22.8 Å². The van der Waals surface area contributed by atoms with Crippen LogP contribution in [0.4, 0.5) is 40.7 Å². The second-order valence-corrected chi connectivity index (χ2v) is 10.8. The number of carbonyl (C=O) groups excluding carboxylic acids is 2. The number of hydrogen-bond acceptors (Lipinski definition) is 5. The number of benzene rings is 5. The zero-order valence-electron chi connectivity index (χ0n) is 24.4. The van der Waals surface area contributed by atoms with Gasteiger partial charge in [0.2, 0.25) is 0 Å². The first-order valence-corrected chi connectivity index (χ1v) is 14.6. The smallest absolute Gasteiger partial charge is 0.418 e. The number of nitrogens with zero attached hydrogens (tertiary/aromatic N) is 1. The first kappa shape index (κ1) is 29.0. The van der Waals surface area contributed by atoms with Gasteiger partial charge in [-0.25, -0.2) is 9.59 Å². The van der Waals surface area contributed by atoms with E-state index in [1.54, 1.807) is 77.7 Å². The summed E-state index contributed by atoms with van der Waals surface area (Å²) in [5.41, 5.74) is 1.02. The van der Waals surface area contributed by atoms with Crippen molar-refractivity contribution >= 4 is 34.7 Å². The second-order valence-electron chi connectivity index (χ2n) is 10.8. The Morgan fingerprint density at radius 2 is 1.52 bits per heavy atom. The Morgan fingerprint density at radius 1 is 0.783 bits per heavy atom. The zero-order chi connectivity index (χ0) is 32.1. The van der Waals surface area contributed by atoms with Gasteiger partial charge in [0.15, 0.2) is 5.60 Å². The molecule has 5 aromatic rings. The van der Waals surface area contributed by atoms with Crippen LogP contribution in [-0.4, -0.2) is 18.5 Å². The molecule has 1 unspecified atom stereocenters. The van der Waals surface area contributed by atoms with Gasteiger partial charge in [-0.15, -0.1) is 0 Å². The molecule has 7 rings (SSSR count). The lowest BCUT2D eigenvalue weighted by atomic mass is 9.77. The third kappa shape index (κ3) is 4.79. The predicted molar refractivity (Wildman–Crippen MR) is 168 cm³/mol. The van der Waals surface area contributed by atoms with Crippen LogP contribution in [0.2, 0.25) is 0 Å². The van der Waals surface area contributed by atoms with E-state index in [4.69, 9.17) is 9.47 Å². The number of halogens is 3. The van der Waals surface area contributed by atoms with Crippen LogP contribution in [0.1, 0.15) is 39.5 Å². The molecule has 2 aliphatic rings. The van der Waals surface area contributed by atoms with Crippen molar-refractivity contribution in [1.29, 1.82) is 0 Å². The van der Waals surface area contributed by atoms with Crippen molar-refractivity contribution in [3.05, 3.63) is 143 Å². The Hall–Kier alpha value is -5.77. The minimum atomic E-state index is -4.57. The number of anilines is 4. The number of ether oxygens (including phenoxy) is 2. The van der Waals surface area contributed by atoms with E-state index in [0.29, 0.717) is 57.4 Å². The molecule has 0 fully saturated rings. The Kier molecular flexibility index (Phi) is 6.92. The molecule has 1 atom stereocenters. The van der Waals surface area contributed by atoms with Crippen LogP contribution in [0, 0.1) is 0 Å². The van der Waals surface area contributed by atoms with E-state index in [0.717, 1.165) is 6.07 Å². The number of fused-ring (bicyclic) bond motifs is 6. The van der Waals surface area contributed by atoms with Gasteiger partial charge in [0.1, 0.15) is 11.5 Å². The maximum atomic E-state index is 13.8. The molecular formula is C36H26F3N3O4. The molecule has 0 saturated carbocycles. The second kappa shape index (κ2) is 11.0. The first-order valence-electron chi connectivity index (χ1n) is 14.6. The van der Waals surface area contributed by atoms with E-state index in [2.05, 4.69) is 10.6 Å². The van der Waals surface area contributed by atoms with E-state index in [1.165, 1.54) is 18.2 Å². The number of hydrogen-bond donors (Lipinski definition) is 2. The Balaban J connectivity index is 1.33. The highest BCUT2D eigenvalue weighted by atomic mass is 19.4. The molecule has 7 nitrogen and oxygen atoms in total. The molecule has 0 bridgehead atoms. The minimum Gasteiger partial charge on any atom is -0.456 e. The highest BCUT2D eigenvalue weighted by Gasteiger charge is 2.53.